The molecule has 0 amide bonds. The van der Waals surface area contributed by atoms with Gasteiger partial charge in [0, 0.05) is 23.7 Å². The maximum absolute atomic E-state index is 11.8. The van der Waals surface area contributed by atoms with Gasteiger partial charge in [0.25, 0.3) is 0 Å². The molecule has 2 heteroatoms. The highest BCUT2D eigenvalue weighted by atomic mass is 16.1. The third-order valence-electron chi connectivity index (χ3n) is 4.48. The monoisotopic (exact) mass is 178 g/mol. The molecule has 3 saturated carbocycles. The molecular formula is C11H14O2. The summed E-state index contributed by atoms with van der Waals surface area (Å²) in [4.78, 5) is 23.6. The standard InChI is InChI=1S/C11H14O2/c12-8-3-1-5-10-7-11(8,10)6-2-4-9(10)13/h1-7H2/t10-,11-/m1/s1. The molecule has 3 fully saturated rings. The Morgan fingerprint density at radius 3 is 1.77 bits per heavy atom. The zero-order valence-electron chi connectivity index (χ0n) is 7.77. The summed E-state index contributed by atoms with van der Waals surface area (Å²) in [5.74, 6) is 0.790. The Bertz CT molecular complexity index is 277. The van der Waals surface area contributed by atoms with E-state index >= 15 is 0 Å². The van der Waals surface area contributed by atoms with Crippen LogP contribution in [0.2, 0.25) is 0 Å². The van der Waals surface area contributed by atoms with Gasteiger partial charge in [0.2, 0.25) is 0 Å². The van der Waals surface area contributed by atoms with Crippen LogP contribution in [0.1, 0.15) is 44.9 Å². The van der Waals surface area contributed by atoms with Crippen LogP contribution in [0.5, 0.6) is 0 Å². The molecular weight excluding hydrogens is 164 g/mol. The van der Waals surface area contributed by atoms with Crippen LogP contribution in [-0.2, 0) is 9.59 Å². The van der Waals surface area contributed by atoms with Gasteiger partial charge in [0.1, 0.15) is 11.6 Å². The van der Waals surface area contributed by atoms with Crippen LogP contribution in [-0.4, -0.2) is 11.6 Å². The maximum Gasteiger partial charge on any atom is 0.140 e. The number of hydrogen-bond acceptors (Lipinski definition) is 2. The predicted molar refractivity (Wildman–Crippen MR) is 47.2 cm³/mol. The Kier molecular flexibility index (Phi) is 1.21. The zero-order chi connectivity index (χ0) is 9.10. The molecule has 3 rings (SSSR count). The minimum absolute atomic E-state index is 0.138. The van der Waals surface area contributed by atoms with E-state index in [1.54, 1.807) is 0 Å². The van der Waals surface area contributed by atoms with Gasteiger partial charge < -0.3 is 0 Å². The fourth-order valence-electron chi connectivity index (χ4n) is 3.72. The smallest absolute Gasteiger partial charge is 0.140 e. The van der Waals surface area contributed by atoms with E-state index in [0.29, 0.717) is 11.6 Å². The minimum atomic E-state index is -0.138. The molecule has 0 saturated heterocycles. The van der Waals surface area contributed by atoms with Crippen LogP contribution in [0, 0.1) is 10.8 Å². The largest absolute Gasteiger partial charge is 0.299 e. The fourth-order valence-corrected chi connectivity index (χ4v) is 3.72. The van der Waals surface area contributed by atoms with E-state index in [9.17, 15) is 9.59 Å². The lowest BCUT2D eigenvalue weighted by molar-refractivity contribution is -0.137. The lowest BCUT2D eigenvalue weighted by Gasteiger charge is -2.32. The first kappa shape index (κ1) is 7.72. The summed E-state index contributed by atoms with van der Waals surface area (Å²) >= 11 is 0. The number of hydrogen-bond donors (Lipinski definition) is 0. The highest BCUT2D eigenvalue weighted by Crippen LogP contribution is 2.74. The van der Waals surface area contributed by atoms with E-state index in [2.05, 4.69) is 0 Å². The van der Waals surface area contributed by atoms with E-state index in [0.717, 1.165) is 44.9 Å². The molecule has 0 unspecified atom stereocenters. The van der Waals surface area contributed by atoms with Crippen LogP contribution < -0.4 is 0 Å². The molecule has 2 atom stereocenters. The lowest BCUT2D eigenvalue weighted by atomic mass is 9.69. The van der Waals surface area contributed by atoms with Gasteiger partial charge in [-0.05, 0) is 32.1 Å². The van der Waals surface area contributed by atoms with Crippen molar-refractivity contribution >= 4 is 11.6 Å². The first-order valence-corrected chi connectivity index (χ1v) is 5.28. The fraction of sp³-hybridized carbons (Fsp3) is 0.818. The van der Waals surface area contributed by atoms with Crippen molar-refractivity contribution in [3.8, 4) is 0 Å². The highest BCUT2D eigenvalue weighted by Gasteiger charge is 2.75. The summed E-state index contributed by atoms with van der Waals surface area (Å²) in [5, 5.41) is 0. The molecule has 0 aromatic carbocycles. The summed E-state index contributed by atoms with van der Waals surface area (Å²) in [6, 6.07) is 0. The van der Waals surface area contributed by atoms with Crippen molar-refractivity contribution in [1.82, 2.24) is 0 Å². The van der Waals surface area contributed by atoms with E-state index in [-0.39, 0.29) is 10.8 Å². The van der Waals surface area contributed by atoms with Gasteiger partial charge in [-0.3, -0.25) is 9.59 Å². The lowest BCUT2D eigenvalue weighted by Crippen LogP contribution is -2.36. The first-order chi connectivity index (χ1) is 6.21. The van der Waals surface area contributed by atoms with Gasteiger partial charge in [-0.15, -0.1) is 0 Å². The molecule has 0 heterocycles. The summed E-state index contributed by atoms with van der Waals surface area (Å²) < 4.78 is 0. The average Bonchev–Trinajstić information content (AvgIpc) is 2.78. The van der Waals surface area contributed by atoms with Crippen molar-refractivity contribution in [3.05, 3.63) is 0 Å². The molecule has 0 aromatic heterocycles. The molecule has 0 spiro atoms. The summed E-state index contributed by atoms with van der Waals surface area (Å²) in [6.45, 7) is 0. The molecule has 3 aliphatic carbocycles. The van der Waals surface area contributed by atoms with E-state index < -0.39 is 0 Å². The van der Waals surface area contributed by atoms with Crippen molar-refractivity contribution in [3.63, 3.8) is 0 Å². The van der Waals surface area contributed by atoms with Crippen molar-refractivity contribution < 1.29 is 9.59 Å². The Morgan fingerprint density at radius 1 is 0.846 bits per heavy atom. The van der Waals surface area contributed by atoms with Crippen LogP contribution in [0.4, 0.5) is 0 Å². The molecule has 2 nitrogen and oxygen atoms in total. The van der Waals surface area contributed by atoms with Gasteiger partial charge in [0.05, 0.1) is 0 Å². The summed E-state index contributed by atoms with van der Waals surface area (Å²) in [5.41, 5.74) is -0.277. The van der Waals surface area contributed by atoms with E-state index in [1.165, 1.54) is 0 Å². The SMILES string of the molecule is O=C1CCC[C@]23C[C@]12CCCC3=O. The Hall–Kier alpha value is -0.660. The number of Topliss-reactive ketones (excluding diaryl/α,β-unsaturated/α-hetero) is 2. The summed E-state index contributed by atoms with van der Waals surface area (Å²) in [6.07, 6.45) is 6.26. The van der Waals surface area contributed by atoms with Gasteiger partial charge in [0.15, 0.2) is 0 Å². The third-order valence-corrected chi connectivity index (χ3v) is 4.48. The van der Waals surface area contributed by atoms with Crippen molar-refractivity contribution in [2.75, 3.05) is 0 Å². The van der Waals surface area contributed by atoms with Gasteiger partial charge in [-0.25, -0.2) is 0 Å². The molecule has 0 aliphatic heterocycles. The number of carbonyl (C=O) groups is 2. The zero-order valence-corrected chi connectivity index (χ0v) is 7.77. The molecule has 0 N–H and O–H groups in total. The average molecular weight is 178 g/mol. The van der Waals surface area contributed by atoms with Crippen LogP contribution >= 0.6 is 0 Å². The van der Waals surface area contributed by atoms with Crippen molar-refractivity contribution in [1.29, 1.82) is 0 Å². The highest BCUT2D eigenvalue weighted by molar-refractivity contribution is 6.03. The van der Waals surface area contributed by atoms with Gasteiger partial charge in [-0.1, -0.05) is 0 Å². The van der Waals surface area contributed by atoms with Crippen LogP contribution in [0.3, 0.4) is 0 Å². The summed E-state index contributed by atoms with van der Waals surface area (Å²) in [7, 11) is 0. The molecule has 13 heavy (non-hydrogen) atoms. The molecule has 3 aliphatic rings. The maximum atomic E-state index is 11.8. The third kappa shape index (κ3) is 0.673. The van der Waals surface area contributed by atoms with E-state index in [1.807, 2.05) is 0 Å². The molecule has 70 valence electrons. The van der Waals surface area contributed by atoms with Crippen molar-refractivity contribution in [2.24, 2.45) is 10.8 Å². The minimum Gasteiger partial charge on any atom is -0.299 e. The second-order valence-corrected chi connectivity index (χ2v) is 4.89. The Labute approximate surface area is 77.7 Å². The number of ketones is 2. The second kappa shape index (κ2) is 2.05. The van der Waals surface area contributed by atoms with Crippen LogP contribution in [0.25, 0.3) is 0 Å². The quantitative estimate of drug-likeness (QED) is 0.567. The number of rotatable bonds is 0. The van der Waals surface area contributed by atoms with Crippen molar-refractivity contribution in [2.45, 2.75) is 44.9 Å². The van der Waals surface area contributed by atoms with E-state index in [4.69, 9.17) is 0 Å². The Morgan fingerprint density at radius 2 is 1.31 bits per heavy atom. The van der Waals surface area contributed by atoms with Gasteiger partial charge >= 0.3 is 0 Å². The molecule has 0 bridgehead atoms. The Balaban J connectivity index is 2.04. The second-order valence-electron chi connectivity index (χ2n) is 4.89. The van der Waals surface area contributed by atoms with Gasteiger partial charge in [-0.2, -0.15) is 0 Å². The normalized spacial score (nSPS) is 48.3. The topological polar surface area (TPSA) is 34.1 Å². The predicted octanol–water partition coefficient (Wildman–Crippen LogP) is 1.87. The van der Waals surface area contributed by atoms with Crippen LogP contribution in [0.15, 0.2) is 0 Å². The molecule has 0 radical (unpaired) electrons. The number of carbonyl (C=O) groups excluding carboxylic acids is 2. The first-order valence-electron chi connectivity index (χ1n) is 5.28. The molecule has 0 aromatic rings.